The molecule has 17 heavy (non-hydrogen) atoms. The normalized spacial score (nSPS) is 14.4. The highest BCUT2D eigenvalue weighted by atomic mass is 16.5. The van der Waals surface area contributed by atoms with Crippen molar-refractivity contribution >= 4 is 0 Å². The number of hydrogen-bond donors (Lipinski definition) is 2. The standard InChI is InChI=1S/C14H23NO2/c1-3-14(16)11(2)9-12-5-4-6-13(10-12)17-8-7-15/h4-6,10-11,14,16H,3,7-9,15H2,1-2H3. The first-order valence-corrected chi connectivity index (χ1v) is 6.27. The molecule has 0 fully saturated rings. The van der Waals surface area contributed by atoms with Crippen LogP contribution in [0.15, 0.2) is 24.3 Å². The van der Waals surface area contributed by atoms with Gasteiger partial charge in [0, 0.05) is 6.54 Å². The molecule has 0 saturated heterocycles. The summed E-state index contributed by atoms with van der Waals surface area (Å²) >= 11 is 0. The molecule has 96 valence electrons. The molecule has 0 aliphatic heterocycles. The van der Waals surface area contributed by atoms with E-state index in [1.807, 2.05) is 25.1 Å². The van der Waals surface area contributed by atoms with Crippen molar-refractivity contribution < 1.29 is 9.84 Å². The van der Waals surface area contributed by atoms with Crippen molar-refractivity contribution in [3.63, 3.8) is 0 Å². The first-order chi connectivity index (χ1) is 8.17. The summed E-state index contributed by atoms with van der Waals surface area (Å²) in [6, 6.07) is 8.00. The third kappa shape index (κ3) is 4.75. The maximum atomic E-state index is 9.75. The molecule has 2 atom stereocenters. The second-order valence-electron chi connectivity index (χ2n) is 4.44. The second kappa shape index (κ2) is 7.30. The van der Waals surface area contributed by atoms with Gasteiger partial charge in [-0.3, -0.25) is 0 Å². The fraction of sp³-hybridized carbons (Fsp3) is 0.571. The van der Waals surface area contributed by atoms with Crippen LogP contribution in [0, 0.1) is 5.92 Å². The number of aliphatic hydroxyl groups excluding tert-OH is 1. The van der Waals surface area contributed by atoms with E-state index in [2.05, 4.69) is 13.0 Å². The van der Waals surface area contributed by atoms with Crippen LogP contribution in [-0.4, -0.2) is 24.4 Å². The van der Waals surface area contributed by atoms with Crippen molar-refractivity contribution in [3.05, 3.63) is 29.8 Å². The van der Waals surface area contributed by atoms with Crippen LogP contribution >= 0.6 is 0 Å². The quantitative estimate of drug-likeness (QED) is 0.762. The number of nitrogens with two attached hydrogens (primary N) is 1. The van der Waals surface area contributed by atoms with Crippen molar-refractivity contribution in [1.82, 2.24) is 0 Å². The molecule has 0 heterocycles. The molecule has 0 amide bonds. The SMILES string of the molecule is CCC(O)C(C)Cc1cccc(OCCN)c1. The Morgan fingerprint density at radius 1 is 1.41 bits per heavy atom. The molecule has 1 aromatic rings. The second-order valence-corrected chi connectivity index (χ2v) is 4.44. The van der Waals surface area contributed by atoms with E-state index < -0.39 is 0 Å². The average molecular weight is 237 g/mol. The molecular weight excluding hydrogens is 214 g/mol. The lowest BCUT2D eigenvalue weighted by Gasteiger charge is -2.17. The molecule has 0 bridgehead atoms. The maximum Gasteiger partial charge on any atom is 0.119 e. The van der Waals surface area contributed by atoms with Gasteiger partial charge in [0.2, 0.25) is 0 Å². The van der Waals surface area contributed by atoms with Crippen LogP contribution < -0.4 is 10.5 Å². The Morgan fingerprint density at radius 2 is 2.18 bits per heavy atom. The molecular formula is C14H23NO2. The predicted molar refractivity (Wildman–Crippen MR) is 70.2 cm³/mol. The summed E-state index contributed by atoms with van der Waals surface area (Å²) in [5, 5.41) is 9.75. The Bertz CT molecular complexity index is 328. The van der Waals surface area contributed by atoms with E-state index in [1.165, 1.54) is 5.56 Å². The minimum Gasteiger partial charge on any atom is -0.492 e. The molecule has 2 unspecified atom stereocenters. The van der Waals surface area contributed by atoms with E-state index in [0.717, 1.165) is 18.6 Å². The maximum absolute atomic E-state index is 9.75. The highest BCUT2D eigenvalue weighted by Crippen LogP contribution is 2.18. The zero-order valence-corrected chi connectivity index (χ0v) is 10.7. The van der Waals surface area contributed by atoms with Gasteiger partial charge in [-0.1, -0.05) is 26.0 Å². The Balaban J connectivity index is 2.58. The van der Waals surface area contributed by atoms with Crippen molar-refractivity contribution in [2.45, 2.75) is 32.8 Å². The third-order valence-electron chi connectivity index (χ3n) is 2.92. The zero-order chi connectivity index (χ0) is 12.7. The van der Waals surface area contributed by atoms with E-state index in [0.29, 0.717) is 13.2 Å². The first-order valence-electron chi connectivity index (χ1n) is 6.27. The summed E-state index contributed by atoms with van der Waals surface area (Å²) in [6.45, 7) is 5.13. The molecule has 0 radical (unpaired) electrons. The first kappa shape index (κ1) is 14.0. The van der Waals surface area contributed by atoms with E-state index >= 15 is 0 Å². The van der Waals surface area contributed by atoms with E-state index in [-0.39, 0.29) is 12.0 Å². The molecule has 0 aliphatic rings. The molecule has 0 aliphatic carbocycles. The molecule has 1 rings (SSSR count). The molecule has 1 aromatic carbocycles. The summed E-state index contributed by atoms with van der Waals surface area (Å²) in [4.78, 5) is 0. The fourth-order valence-electron chi connectivity index (χ4n) is 1.85. The smallest absolute Gasteiger partial charge is 0.119 e. The van der Waals surface area contributed by atoms with Gasteiger partial charge in [-0.25, -0.2) is 0 Å². The summed E-state index contributed by atoms with van der Waals surface area (Å²) in [7, 11) is 0. The lowest BCUT2D eigenvalue weighted by molar-refractivity contribution is 0.112. The van der Waals surface area contributed by atoms with E-state index in [1.54, 1.807) is 0 Å². The van der Waals surface area contributed by atoms with Gasteiger partial charge in [0.15, 0.2) is 0 Å². The summed E-state index contributed by atoms with van der Waals surface area (Å²) in [5.41, 5.74) is 6.59. The number of ether oxygens (including phenoxy) is 1. The van der Waals surface area contributed by atoms with Gasteiger partial charge in [-0.2, -0.15) is 0 Å². The van der Waals surface area contributed by atoms with Crippen LogP contribution in [0.2, 0.25) is 0 Å². The van der Waals surface area contributed by atoms with Crippen LogP contribution in [0.1, 0.15) is 25.8 Å². The van der Waals surface area contributed by atoms with Crippen LogP contribution in [0.4, 0.5) is 0 Å². The van der Waals surface area contributed by atoms with Gasteiger partial charge in [0.05, 0.1) is 6.10 Å². The molecule has 3 heteroatoms. The van der Waals surface area contributed by atoms with Crippen LogP contribution in [0.5, 0.6) is 5.75 Å². The molecule has 0 spiro atoms. The monoisotopic (exact) mass is 237 g/mol. The van der Waals surface area contributed by atoms with Gasteiger partial charge in [-0.05, 0) is 36.5 Å². The van der Waals surface area contributed by atoms with E-state index in [4.69, 9.17) is 10.5 Å². The van der Waals surface area contributed by atoms with Crippen molar-refractivity contribution in [2.75, 3.05) is 13.2 Å². The summed E-state index contributed by atoms with van der Waals surface area (Å²) in [6.07, 6.45) is 1.43. The lowest BCUT2D eigenvalue weighted by atomic mass is 9.94. The number of rotatable bonds is 7. The Morgan fingerprint density at radius 3 is 2.82 bits per heavy atom. The van der Waals surface area contributed by atoms with Gasteiger partial charge in [0.1, 0.15) is 12.4 Å². The minimum atomic E-state index is -0.233. The minimum absolute atomic E-state index is 0.233. The fourth-order valence-corrected chi connectivity index (χ4v) is 1.85. The van der Waals surface area contributed by atoms with Crippen LogP contribution in [0.25, 0.3) is 0 Å². The van der Waals surface area contributed by atoms with Gasteiger partial charge < -0.3 is 15.6 Å². The van der Waals surface area contributed by atoms with E-state index in [9.17, 15) is 5.11 Å². The average Bonchev–Trinajstić information content (AvgIpc) is 2.35. The number of benzene rings is 1. The zero-order valence-electron chi connectivity index (χ0n) is 10.7. The Kier molecular flexibility index (Phi) is 6.01. The molecule has 0 saturated carbocycles. The third-order valence-corrected chi connectivity index (χ3v) is 2.92. The Labute approximate surface area is 104 Å². The predicted octanol–water partition coefficient (Wildman–Crippen LogP) is 1.97. The van der Waals surface area contributed by atoms with Gasteiger partial charge in [-0.15, -0.1) is 0 Å². The van der Waals surface area contributed by atoms with Crippen molar-refractivity contribution in [1.29, 1.82) is 0 Å². The van der Waals surface area contributed by atoms with Crippen molar-refractivity contribution in [2.24, 2.45) is 11.7 Å². The highest BCUT2D eigenvalue weighted by molar-refractivity contribution is 5.28. The van der Waals surface area contributed by atoms with Crippen LogP contribution in [-0.2, 0) is 6.42 Å². The summed E-state index contributed by atoms with van der Waals surface area (Å²) in [5.74, 6) is 1.12. The van der Waals surface area contributed by atoms with Crippen LogP contribution in [0.3, 0.4) is 0 Å². The van der Waals surface area contributed by atoms with Gasteiger partial charge in [0.25, 0.3) is 0 Å². The Hall–Kier alpha value is -1.06. The number of aliphatic hydroxyl groups is 1. The largest absolute Gasteiger partial charge is 0.492 e. The topological polar surface area (TPSA) is 55.5 Å². The van der Waals surface area contributed by atoms with Gasteiger partial charge >= 0.3 is 0 Å². The number of hydrogen-bond acceptors (Lipinski definition) is 3. The molecule has 3 N–H and O–H groups in total. The lowest BCUT2D eigenvalue weighted by Crippen LogP contribution is -2.18. The van der Waals surface area contributed by atoms with Crippen molar-refractivity contribution in [3.8, 4) is 5.75 Å². The molecule has 0 aromatic heterocycles. The summed E-state index contributed by atoms with van der Waals surface area (Å²) < 4.78 is 5.48. The highest BCUT2D eigenvalue weighted by Gasteiger charge is 2.12. The molecule has 3 nitrogen and oxygen atoms in total.